The molecule has 0 aromatic heterocycles. The Balaban J connectivity index is 1.92. The van der Waals surface area contributed by atoms with Crippen molar-refractivity contribution in [1.29, 1.82) is 0 Å². The first-order chi connectivity index (χ1) is 11.5. The summed E-state index contributed by atoms with van der Waals surface area (Å²) in [5.41, 5.74) is 4.49. The molecule has 0 saturated carbocycles. The quantitative estimate of drug-likeness (QED) is 0.506. The molecule has 0 aliphatic rings. The second kappa shape index (κ2) is 8.03. The van der Waals surface area contributed by atoms with E-state index in [1.807, 2.05) is 6.92 Å². The first-order valence-electron chi connectivity index (χ1n) is 6.98. The summed E-state index contributed by atoms with van der Waals surface area (Å²) in [7, 11) is 0. The van der Waals surface area contributed by atoms with Crippen LogP contribution in [0, 0.1) is 17.0 Å². The third-order valence-corrected chi connectivity index (χ3v) is 3.40. The van der Waals surface area contributed by atoms with E-state index >= 15 is 0 Å². The van der Waals surface area contributed by atoms with Crippen LogP contribution < -0.4 is 5.43 Å². The van der Waals surface area contributed by atoms with Gasteiger partial charge in [-0.1, -0.05) is 23.7 Å². The number of halogens is 1. The summed E-state index contributed by atoms with van der Waals surface area (Å²) in [4.78, 5) is 22.0. The number of allylic oxidation sites excluding steroid dienone is 1. The van der Waals surface area contributed by atoms with Gasteiger partial charge in [0.1, 0.15) is 0 Å². The lowest BCUT2D eigenvalue weighted by Crippen LogP contribution is -2.17. The van der Waals surface area contributed by atoms with Gasteiger partial charge in [-0.3, -0.25) is 14.9 Å². The zero-order valence-electron chi connectivity index (χ0n) is 12.8. The number of hydrogen-bond donors (Lipinski definition) is 1. The van der Waals surface area contributed by atoms with Crippen molar-refractivity contribution in [3.05, 3.63) is 80.4 Å². The molecule has 0 radical (unpaired) electrons. The average molecular weight is 344 g/mol. The van der Waals surface area contributed by atoms with E-state index in [1.165, 1.54) is 18.3 Å². The first-order valence-corrected chi connectivity index (χ1v) is 7.36. The highest BCUT2D eigenvalue weighted by molar-refractivity contribution is 6.33. The number of nitrogens with zero attached hydrogens (tertiary/aromatic N) is 2. The molecule has 24 heavy (non-hydrogen) atoms. The predicted molar refractivity (Wildman–Crippen MR) is 94.3 cm³/mol. The van der Waals surface area contributed by atoms with Crippen LogP contribution in [0.4, 0.5) is 5.69 Å². The number of benzene rings is 2. The number of non-ortho nitro benzene ring substituents is 1. The van der Waals surface area contributed by atoms with Gasteiger partial charge < -0.3 is 0 Å². The lowest BCUT2D eigenvalue weighted by molar-refractivity contribution is -0.384. The van der Waals surface area contributed by atoms with E-state index < -0.39 is 10.8 Å². The smallest absolute Gasteiger partial charge is 0.267 e. The first kappa shape index (κ1) is 17.4. The van der Waals surface area contributed by atoms with E-state index in [0.29, 0.717) is 10.6 Å². The van der Waals surface area contributed by atoms with Gasteiger partial charge in [0.25, 0.3) is 11.6 Å². The molecule has 6 nitrogen and oxygen atoms in total. The maximum absolute atomic E-state index is 11.9. The zero-order chi connectivity index (χ0) is 17.5. The lowest BCUT2D eigenvalue weighted by atomic mass is 10.1. The minimum atomic E-state index is -0.458. The number of hydrazone groups is 1. The molecule has 2 rings (SSSR count). The molecule has 1 amide bonds. The van der Waals surface area contributed by atoms with Gasteiger partial charge in [0.15, 0.2) is 0 Å². The highest BCUT2D eigenvalue weighted by Gasteiger charge is 2.08. The number of hydrogen-bond acceptors (Lipinski definition) is 4. The van der Waals surface area contributed by atoms with E-state index in [0.717, 1.165) is 11.1 Å². The van der Waals surface area contributed by atoms with E-state index in [4.69, 9.17) is 11.6 Å². The normalized spacial score (nSPS) is 11.1. The SMILES string of the molecule is Cc1ccc(C(=O)NN=CC=Cc2ccc([N+](=O)[O-])cc2)c(Cl)c1. The minimum absolute atomic E-state index is 0.0306. The third kappa shape index (κ3) is 4.76. The van der Waals surface area contributed by atoms with Gasteiger partial charge >= 0.3 is 0 Å². The van der Waals surface area contributed by atoms with Crippen LogP contribution in [0.15, 0.2) is 53.6 Å². The molecule has 122 valence electrons. The van der Waals surface area contributed by atoms with Crippen LogP contribution in [0.5, 0.6) is 0 Å². The molecule has 0 fully saturated rings. The van der Waals surface area contributed by atoms with Gasteiger partial charge in [0.2, 0.25) is 0 Å². The zero-order valence-corrected chi connectivity index (χ0v) is 13.5. The molecular formula is C17H14ClN3O3. The molecule has 0 saturated heterocycles. The number of amides is 1. The van der Waals surface area contributed by atoms with Crippen molar-refractivity contribution >= 4 is 35.5 Å². The van der Waals surface area contributed by atoms with Crippen molar-refractivity contribution in [2.75, 3.05) is 0 Å². The van der Waals surface area contributed by atoms with Crippen molar-refractivity contribution < 1.29 is 9.72 Å². The molecule has 0 bridgehead atoms. The van der Waals surface area contributed by atoms with Gasteiger partial charge in [-0.15, -0.1) is 0 Å². The topological polar surface area (TPSA) is 84.6 Å². The summed E-state index contributed by atoms with van der Waals surface area (Å²) in [6.07, 6.45) is 4.72. The van der Waals surface area contributed by atoms with Crippen molar-refractivity contribution in [1.82, 2.24) is 5.43 Å². The molecule has 0 aliphatic heterocycles. The Labute approximate surface area is 143 Å². The van der Waals surface area contributed by atoms with Crippen LogP contribution in [0.2, 0.25) is 5.02 Å². The van der Waals surface area contributed by atoms with Crippen LogP contribution in [-0.2, 0) is 0 Å². The van der Waals surface area contributed by atoms with Crippen molar-refractivity contribution in [3.63, 3.8) is 0 Å². The number of nitro groups is 1. The van der Waals surface area contributed by atoms with Crippen LogP contribution in [0.25, 0.3) is 6.08 Å². The predicted octanol–water partition coefficient (Wildman–Crippen LogP) is 3.99. The molecule has 1 N–H and O–H groups in total. The monoisotopic (exact) mass is 343 g/mol. The van der Waals surface area contributed by atoms with E-state index in [1.54, 1.807) is 42.5 Å². The van der Waals surface area contributed by atoms with Crippen LogP contribution in [-0.4, -0.2) is 17.0 Å². The van der Waals surface area contributed by atoms with Gasteiger partial charge in [0.05, 0.1) is 15.5 Å². The maximum Gasteiger partial charge on any atom is 0.272 e. The largest absolute Gasteiger partial charge is 0.272 e. The van der Waals surface area contributed by atoms with Crippen LogP contribution >= 0.6 is 11.6 Å². The number of nitro benzene ring substituents is 1. The second-order valence-corrected chi connectivity index (χ2v) is 5.32. The Kier molecular flexibility index (Phi) is 5.81. The molecule has 0 spiro atoms. The summed E-state index contributed by atoms with van der Waals surface area (Å²) in [6.45, 7) is 1.88. The summed E-state index contributed by atoms with van der Waals surface area (Å²) in [5, 5.41) is 14.7. The Hall–Kier alpha value is -2.99. The molecular weight excluding hydrogens is 330 g/mol. The van der Waals surface area contributed by atoms with Crippen LogP contribution in [0.1, 0.15) is 21.5 Å². The maximum atomic E-state index is 11.9. The Bertz CT molecular complexity index is 814. The number of carbonyl (C=O) groups excluding carboxylic acids is 1. The molecule has 0 aliphatic carbocycles. The number of nitrogens with one attached hydrogen (secondary N) is 1. The Morgan fingerprint density at radius 2 is 1.96 bits per heavy atom. The molecule has 0 unspecified atom stereocenters. The fourth-order valence-electron chi connectivity index (χ4n) is 1.86. The summed E-state index contributed by atoms with van der Waals surface area (Å²) in [5.74, 6) is -0.403. The van der Waals surface area contributed by atoms with Crippen molar-refractivity contribution in [2.45, 2.75) is 6.92 Å². The Morgan fingerprint density at radius 3 is 2.58 bits per heavy atom. The highest BCUT2D eigenvalue weighted by Crippen LogP contribution is 2.17. The molecule has 2 aromatic carbocycles. The Morgan fingerprint density at radius 1 is 1.25 bits per heavy atom. The van der Waals surface area contributed by atoms with E-state index in [-0.39, 0.29) is 5.69 Å². The average Bonchev–Trinajstić information content (AvgIpc) is 2.54. The lowest BCUT2D eigenvalue weighted by Gasteiger charge is -2.02. The highest BCUT2D eigenvalue weighted by atomic mass is 35.5. The second-order valence-electron chi connectivity index (χ2n) is 4.91. The van der Waals surface area contributed by atoms with Crippen LogP contribution in [0.3, 0.4) is 0 Å². The summed E-state index contributed by atoms with van der Waals surface area (Å²) < 4.78 is 0. The van der Waals surface area contributed by atoms with Gasteiger partial charge in [-0.2, -0.15) is 5.10 Å². The molecule has 0 heterocycles. The summed E-state index contributed by atoms with van der Waals surface area (Å²) in [6, 6.07) is 11.2. The number of rotatable bonds is 5. The summed E-state index contributed by atoms with van der Waals surface area (Å²) >= 11 is 6.00. The van der Waals surface area contributed by atoms with Gasteiger partial charge in [-0.25, -0.2) is 5.43 Å². The van der Waals surface area contributed by atoms with Crippen molar-refractivity contribution in [2.24, 2.45) is 5.10 Å². The number of carbonyl (C=O) groups is 1. The number of aryl methyl sites for hydroxylation is 1. The molecule has 7 heteroatoms. The molecule has 2 aromatic rings. The van der Waals surface area contributed by atoms with E-state index in [2.05, 4.69) is 10.5 Å². The van der Waals surface area contributed by atoms with E-state index in [9.17, 15) is 14.9 Å². The molecule has 0 atom stereocenters. The van der Waals surface area contributed by atoms with Crippen molar-refractivity contribution in [3.8, 4) is 0 Å². The fraction of sp³-hybridized carbons (Fsp3) is 0.0588. The van der Waals surface area contributed by atoms with Gasteiger partial charge in [-0.05, 0) is 48.4 Å². The standard InChI is InChI=1S/C17H14ClN3O3/c1-12-4-9-15(16(18)11-12)17(22)20-19-10-2-3-13-5-7-14(8-6-13)21(23)24/h2-11H,1H3,(H,20,22). The third-order valence-electron chi connectivity index (χ3n) is 3.09. The minimum Gasteiger partial charge on any atom is -0.267 e. The fourth-order valence-corrected chi connectivity index (χ4v) is 2.19. The van der Waals surface area contributed by atoms with Gasteiger partial charge in [0, 0.05) is 18.3 Å².